The van der Waals surface area contributed by atoms with E-state index in [1.165, 1.54) is 0 Å². The highest BCUT2D eigenvalue weighted by Crippen LogP contribution is 2.43. The van der Waals surface area contributed by atoms with Gasteiger partial charge in [0.15, 0.2) is 0 Å². The third-order valence-corrected chi connectivity index (χ3v) is 3.23. The number of carbonyl (C=O) groups excluding carboxylic acids is 1. The number of cyclic esters (lactones) is 1. The molecule has 16 heavy (non-hydrogen) atoms. The zero-order valence-electron chi connectivity index (χ0n) is 9.95. The molecule has 2 nitrogen and oxygen atoms in total. The number of ether oxygens (including phenoxy) is 1. The molecule has 0 unspecified atom stereocenters. The summed E-state index contributed by atoms with van der Waals surface area (Å²) >= 11 is 0. The van der Waals surface area contributed by atoms with Gasteiger partial charge in [0.05, 0.1) is 5.56 Å². The molecular weight excluding hydrogens is 200 g/mol. The van der Waals surface area contributed by atoms with E-state index in [0.29, 0.717) is 0 Å². The first kappa shape index (κ1) is 11.2. The van der Waals surface area contributed by atoms with Crippen LogP contribution in [0.25, 0.3) is 0 Å². The maximum absolute atomic E-state index is 11.8. The molecule has 1 aromatic rings. The van der Waals surface area contributed by atoms with Crippen molar-refractivity contribution in [3.05, 3.63) is 35.4 Å². The van der Waals surface area contributed by atoms with Gasteiger partial charge in [0.2, 0.25) is 0 Å². The third kappa shape index (κ3) is 1.62. The van der Waals surface area contributed by atoms with Crippen LogP contribution < -0.4 is 0 Å². The quantitative estimate of drug-likeness (QED) is 0.721. The highest BCUT2D eigenvalue weighted by Gasteiger charge is 2.43. The fourth-order valence-electron chi connectivity index (χ4n) is 2.65. The number of rotatable bonds is 4. The lowest BCUT2D eigenvalue weighted by molar-refractivity contribution is -0.0183. The maximum Gasteiger partial charge on any atom is 0.339 e. The molecule has 0 amide bonds. The largest absolute Gasteiger partial charge is 0.451 e. The normalized spacial score (nSPS) is 17.0. The molecule has 1 aliphatic heterocycles. The lowest BCUT2D eigenvalue weighted by atomic mass is 9.85. The predicted octanol–water partition coefficient (Wildman–Crippen LogP) is 3.65. The average Bonchev–Trinajstić information content (AvgIpc) is 2.55. The smallest absolute Gasteiger partial charge is 0.339 e. The van der Waals surface area contributed by atoms with Crippen LogP contribution in [0.2, 0.25) is 0 Å². The third-order valence-electron chi connectivity index (χ3n) is 3.23. The zero-order valence-corrected chi connectivity index (χ0v) is 9.95. The summed E-state index contributed by atoms with van der Waals surface area (Å²) in [5.41, 5.74) is 1.49. The second kappa shape index (κ2) is 4.28. The molecule has 1 aliphatic rings. The molecule has 0 radical (unpaired) electrons. The molecule has 0 saturated carbocycles. The SMILES string of the molecule is CCCC1(CCC)OC(=O)c2ccccc21. The minimum absolute atomic E-state index is 0.155. The van der Waals surface area contributed by atoms with Crippen LogP contribution in [0, 0.1) is 0 Å². The summed E-state index contributed by atoms with van der Waals surface area (Å²) in [6.07, 6.45) is 3.90. The molecule has 0 saturated heterocycles. The molecule has 1 aromatic carbocycles. The van der Waals surface area contributed by atoms with Crippen molar-refractivity contribution in [2.45, 2.75) is 45.1 Å². The Balaban J connectivity index is 2.45. The van der Waals surface area contributed by atoms with E-state index >= 15 is 0 Å². The van der Waals surface area contributed by atoms with E-state index < -0.39 is 0 Å². The van der Waals surface area contributed by atoms with E-state index in [-0.39, 0.29) is 11.6 Å². The molecule has 2 heteroatoms. The Morgan fingerprint density at radius 3 is 2.38 bits per heavy atom. The summed E-state index contributed by atoms with van der Waals surface area (Å²) in [6.45, 7) is 4.26. The molecule has 1 heterocycles. The number of benzene rings is 1. The van der Waals surface area contributed by atoms with Crippen LogP contribution in [-0.4, -0.2) is 5.97 Å². The summed E-state index contributed by atoms with van der Waals surface area (Å²) in [6, 6.07) is 7.78. The Kier molecular flexibility index (Phi) is 2.99. The van der Waals surface area contributed by atoms with Gasteiger partial charge < -0.3 is 4.74 Å². The molecule has 2 rings (SSSR count). The van der Waals surface area contributed by atoms with Crippen molar-refractivity contribution in [1.82, 2.24) is 0 Å². The number of fused-ring (bicyclic) bond motifs is 1. The zero-order chi connectivity index (χ0) is 11.6. The van der Waals surface area contributed by atoms with Crippen molar-refractivity contribution in [2.24, 2.45) is 0 Å². The van der Waals surface area contributed by atoms with E-state index in [1.54, 1.807) is 0 Å². The summed E-state index contributed by atoms with van der Waals surface area (Å²) in [4.78, 5) is 11.8. The van der Waals surface area contributed by atoms with Gasteiger partial charge in [-0.15, -0.1) is 0 Å². The summed E-state index contributed by atoms with van der Waals surface area (Å²) < 4.78 is 5.66. The summed E-state index contributed by atoms with van der Waals surface area (Å²) in [5.74, 6) is -0.155. The van der Waals surface area contributed by atoms with Crippen molar-refractivity contribution in [3.8, 4) is 0 Å². The molecule has 0 aliphatic carbocycles. The maximum atomic E-state index is 11.8. The fraction of sp³-hybridized carbons (Fsp3) is 0.500. The summed E-state index contributed by atoms with van der Waals surface area (Å²) in [5, 5.41) is 0. The molecule has 0 fully saturated rings. The number of esters is 1. The first-order valence-corrected chi connectivity index (χ1v) is 6.06. The van der Waals surface area contributed by atoms with Crippen molar-refractivity contribution in [1.29, 1.82) is 0 Å². The van der Waals surface area contributed by atoms with E-state index in [9.17, 15) is 4.79 Å². The standard InChI is InChI=1S/C14H18O2/c1-3-9-14(10-4-2)12-8-6-5-7-11(12)13(15)16-14/h5-8H,3-4,9-10H2,1-2H3. The van der Waals surface area contributed by atoms with Crippen LogP contribution in [0.15, 0.2) is 24.3 Å². The Bertz CT molecular complexity index is 389. The molecule has 0 aromatic heterocycles. The average molecular weight is 218 g/mol. The minimum Gasteiger partial charge on any atom is -0.451 e. The number of carbonyl (C=O) groups is 1. The Labute approximate surface area is 96.6 Å². The van der Waals surface area contributed by atoms with E-state index in [2.05, 4.69) is 13.8 Å². The lowest BCUT2D eigenvalue weighted by Gasteiger charge is -2.28. The van der Waals surface area contributed by atoms with Crippen molar-refractivity contribution < 1.29 is 9.53 Å². The van der Waals surface area contributed by atoms with Crippen LogP contribution in [0.1, 0.15) is 55.5 Å². The molecule has 0 N–H and O–H groups in total. The van der Waals surface area contributed by atoms with Gasteiger partial charge in [0.1, 0.15) is 5.60 Å². The molecule has 0 spiro atoms. The fourth-order valence-corrected chi connectivity index (χ4v) is 2.65. The van der Waals surface area contributed by atoms with E-state index in [4.69, 9.17) is 4.74 Å². The van der Waals surface area contributed by atoms with Gasteiger partial charge in [-0.1, -0.05) is 44.9 Å². The van der Waals surface area contributed by atoms with Gasteiger partial charge in [0, 0.05) is 5.56 Å². The highest BCUT2D eigenvalue weighted by atomic mass is 16.6. The topological polar surface area (TPSA) is 26.3 Å². The van der Waals surface area contributed by atoms with Crippen molar-refractivity contribution >= 4 is 5.97 Å². The monoisotopic (exact) mass is 218 g/mol. The van der Waals surface area contributed by atoms with Crippen LogP contribution in [0.4, 0.5) is 0 Å². The van der Waals surface area contributed by atoms with Gasteiger partial charge in [-0.3, -0.25) is 0 Å². The van der Waals surface area contributed by atoms with Crippen molar-refractivity contribution in [3.63, 3.8) is 0 Å². The van der Waals surface area contributed by atoms with E-state index in [1.807, 2.05) is 24.3 Å². The Morgan fingerprint density at radius 2 is 1.75 bits per heavy atom. The van der Waals surface area contributed by atoms with Gasteiger partial charge in [0.25, 0.3) is 0 Å². The van der Waals surface area contributed by atoms with Gasteiger partial charge >= 0.3 is 5.97 Å². The number of hydrogen-bond donors (Lipinski definition) is 0. The van der Waals surface area contributed by atoms with Crippen LogP contribution >= 0.6 is 0 Å². The first-order valence-electron chi connectivity index (χ1n) is 6.06. The first-order chi connectivity index (χ1) is 7.73. The molecule has 86 valence electrons. The van der Waals surface area contributed by atoms with Gasteiger partial charge in [-0.25, -0.2) is 4.79 Å². The predicted molar refractivity (Wildman–Crippen MR) is 63.4 cm³/mol. The molecule has 0 bridgehead atoms. The van der Waals surface area contributed by atoms with Crippen molar-refractivity contribution in [2.75, 3.05) is 0 Å². The van der Waals surface area contributed by atoms with Crippen LogP contribution in [-0.2, 0) is 10.3 Å². The highest BCUT2D eigenvalue weighted by molar-refractivity contribution is 5.94. The Morgan fingerprint density at radius 1 is 1.12 bits per heavy atom. The second-order valence-electron chi connectivity index (χ2n) is 4.43. The van der Waals surface area contributed by atoms with Gasteiger partial charge in [-0.2, -0.15) is 0 Å². The number of hydrogen-bond acceptors (Lipinski definition) is 2. The minimum atomic E-state index is -0.350. The lowest BCUT2D eigenvalue weighted by Crippen LogP contribution is -2.25. The van der Waals surface area contributed by atoms with E-state index in [0.717, 1.165) is 36.8 Å². The molecule has 0 atom stereocenters. The van der Waals surface area contributed by atoms with Crippen LogP contribution in [0.5, 0.6) is 0 Å². The summed E-state index contributed by atoms with van der Waals surface area (Å²) in [7, 11) is 0. The Hall–Kier alpha value is -1.31. The van der Waals surface area contributed by atoms with Gasteiger partial charge in [-0.05, 0) is 18.9 Å². The molecular formula is C14H18O2. The van der Waals surface area contributed by atoms with Crippen LogP contribution in [0.3, 0.4) is 0 Å². The second-order valence-corrected chi connectivity index (χ2v) is 4.43.